The summed E-state index contributed by atoms with van der Waals surface area (Å²) >= 11 is 1.88. The van der Waals surface area contributed by atoms with E-state index in [4.69, 9.17) is 9.97 Å². The van der Waals surface area contributed by atoms with Crippen molar-refractivity contribution in [3.05, 3.63) is 170 Å². The molecule has 1 unspecified atom stereocenters. The van der Waals surface area contributed by atoms with Gasteiger partial charge < -0.3 is 0 Å². The monoisotopic (exact) mass is 685 g/mol. The van der Waals surface area contributed by atoms with Crippen LogP contribution in [0.5, 0.6) is 0 Å². The summed E-state index contributed by atoms with van der Waals surface area (Å²) in [4.78, 5) is 11.1. The van der Waals surface area contributed by atoms with Gasteiger partial charge in [0.15, 0.2) is 0 Å². The van der Waals surface area contributed by atoms with Crippen molar-refractivity contribution in [3.8, 4) is 22.4 Å². The average molecular weight is 686 g/mol. The first-order valence-corrected chi connectivity index (χ1v) is 19.3. The highest BCUT2D eigenvalue weighted by atomic mass is 32.1. The molecule has 3 nitrogen and oxygen atoms in total. The van der Waals surface area contributed by atoms with Crippen molar-refractivity contribution >= 4 is 94.3 Å². The third kappa shape index (κ3) is 4.28. The van der Waals surface area contributed by atoms with E-state index in [1.165, 1.54) is 69.1 Å². The molecule has 0 amide bonds. The van der Waals surface area contributed by atoms with Crippen LogP contribution in [0.15, 0.2) is 170 Å². The molecule has 0 N–H and O–H groups in total. The Balaban J connectivity index is 1.37. The van der Waals surface area contributed by atoms with Gasteiger partial charge in [0.25, 0.3) is 0 Å². The topological polar surface area (TPSA) is 29.0 Å². The number of benzene rings is 8. The lowest BCUT2D eigenvalue weighted by molar-refractivity contribution is 1.17. The van der Waals surface area contributed by atoms with Crippen molar-refractivity contribution in [2.24, 2.45) is 0 Å². The lowest BCUT2D eigenvalue weighted by Crippen LogP contribution is -2.31. The lowest BCUT2D eigenvalue weighted by atomic mass is 9.90. The van der Waals surface area contributed by atoms with Gasteiger partial charge in [-0.2, -0.15) is 0 Å². The second-order valence-electron chi connectivity index (χ2n) is 13.0. The maximum Gasteiger partial charge on any atom is 0.235 e. The van der Waals surface area contributed by atoms with Crippen molar-refractivity contribution in [2.45, 2.75) is 0 Å². The second kappa shape index (κ2) is 11.3. The Kier molecular flexibility index (Phi) is 6.39. The molecule has 2 aromatic heterocycles. The molecule has 1 atom stereocenters. The van der Waals surface area contributed by atoms with Crippen molar-refractivity contribution in [3.63, 3.8) is 0 Å². The van der Waals surface area contributed by atoms with E-state index >= 15 is 0 Å². The fourth-order valence-electron chi connectivity index (χ4n) is 7.99. The molecule has 0 spiro atoms. The predicted molar refractivity (Wildman–Crippen MR) is 220 cm³/mol. The third-order valence-electron chi connectivity index (χ3n) is 10.1. The number of hydrogen-bond acceptors (Lipinski definition) is 4. The van der Waals surface area contributed by atoms with Crippen molar-refractivity contribution < 1.29 is 0 Å². The largest absolute Gasteiger partial charge is 0.278 e. The van der Waals surface area contributed by atoms with E-state index < -0.39 is 8.07 Å². The zero-order valence-electron chi connectivity index (χ0n) is 27.4. The zero-order valence-corrected chi connectivity index (χ0v) is 29.1. The smallest absolute Gasteiger partial charge is 0.235 e. The number of aromatic nitrogens is 2. The molecule has 51 heavy (non-hydrogen) atoms. The van der Waals surface area contributed by atoms with Crippen molar-refractivity contribution in [1.29, 1.82) is 0 Å². The van der Waals surface area contributed by atoms with Crippen LogP contribution in [-0.2, 0) is 0 Å². The number of rotatable bonds is 3. The highest BCUT2D eigenvalue weighted by molar-refractivity contribution is 7.75. The molecule has 5 heteroatoms. The van der Waals surface area contributed by atoms with Crippen molar-refractivity contribution in [2.75, 3.05) is 4.67 Å². The Morgan fingerprint density at radius 2 is 1.14 bits per heavy atom. The Hall–Kier alpha value is -5.93. The number of anilines is 2. The molecule has 0 bridgehead atoms. The first kappa shape index (κ1) is 28.9. The van der Waals surface area contributed by atoms with Crippen LogP contribution in [0.2, 0.25) is 0 Å². The van der Waals surface area contributed by atoms with Gasteiger partial charge in [-0.25, -0.2) is 9.97 Å². The van der Waals surface area contributed by atoms with E-state index in [0.717, 1.165) is 28.1 Å². The Bertz CT molecular complexity index is 2990. The van der Waals surface area contributed by atoms with Gasteiger partial charge in [-0.05, 0) is 33.7 Å². The minimum absolute atomic E-state index is 0.719. The summed E-state index contributed by atoms with van der Waals surface area (Å²) in [7, 11) is -1.16. The summed E-state index contributed by atoms with van der Waals surface area (Å²) in [5.41, 5.74) is 6.72. The molecule has 0 saturated carbocycles. The van der Waals surface area contributed by atoms with Crippen LogP contribution in [0, 0.1) is 0 Å². The SMILES string of the molecule is c1ccc(-c2nc(N3c4c(c5ccccc5c5c4sc4ccccc45)-c4c(ccc5ccccc45)P3c3ccccc3)nc3ccccc23)cc1. The first-order chi connectivity index (χ1) is 25.3. The second-order valence-corrected chi connectivity index (χ2v) is 16.0. The Labute approximate surface area is 299 Å². The number of thiophene rings is 1. The van der Waals surface area contributed by atoms with Crippen LogP contribution in [-0.4, -0.2) is 9.97 Å². The number of fused-ring (bicyclic) bond motifs is 13. The van der Waals surface area contributed by atoms with Gasteiger partial charge in [0.05, 0.1) is 29.7 Å². The van der Waals surface area contributed by atoms with E-state index in [0.29, 0.717) is 0 Å². The average Bonchev–Trinajstić information content (AvgIpc) is 3.60. The Morgan fingerprint density at radius 3 is 1.96 bits per heavy atom. The molecule has 8 aromatic carbocycles. The van der Waals surface area contributed by atoms with Crippen LogP contribution < -0.4 is 15.3 Å². The number of nitrogens with zero attached hydrogens (tertiary/aromatic N) is 3. The van der Waals surface area contributed by atoms with E-state index in [9.17, 15) is 0 Å². The molecule has 0 saturated heterocycles. The molecule has 10 aromatic rings. The summed E-state index contributed by atoms with van der Waals surface area (Å²) < 4.78 is 5.08. The molecule has 3 heterocycles. The molecule has 1 aliphatic heterocycles. The molecule has 11 rings (SSSR count). The molecule has 1 aliphatic rings. The van der Waals surface area contributed by atoms with E-state index in [-0.39, 0.29) is 0 Å². The van der Waals surface area contributed by atoms with Crippen LogP contribution >= 0.6 is 19.4 Å². The molecule has 0 aliphatic carbocycles. The summed E-state index contributed by atoms with van der Waals surface area (Å²) in [6.45, 7) is 0. The fourth-order valence-corrected chi connectivity index (χ4v) is 11.8. The summed E-state index contributed by atoms with van der Waals surface area (Å²) in [6.07, 6.45) is 0. The highest BCUT2D eigenvalue weighted by Gasteiger charge is 2.39. The minimum atomic E-state index is -1.16. The maximum atomic E-state index is 5.58. The maximum absolute atomic E-state index is 5.58. The third-order valence-corrected chi connectivity index (χ3v) is 13.7. The van der Waals surface area contributed by atoms with Crippen LogP contribution in [0.25, 0.3) is 75.0 Å². The molecule has 0 fully saturated rings. The summed E-state index contributed by atoms with van der Waals surface area (Å²) in [5, 5.41) is 11.2. The Morgan fingerprint density at radius 1 is 0.490 bits per heavy atom. The molecular weight excluding hydrogens is 658 g/mol. The van der Waals surface area contributed by atoms with E-state index in [1.54, 1.807) is 0 Å². The summed E-state index contributed by atoms with van der Waals surface area (Å²) in [5.74, 6) is 0.719. The van der Waals surface area contributed by atoms with Gasteiger partial charge in [-0.15, -0.1) is 11.3 Å². The fraction of sp³-hybridized carbons (Fsp3) is 0. The van der Waals surface area contributed by atoms with Gasteiger partial charge in [0, 0.05) is 48.2 Å². The van der Waals surface area contributed by atoms with Crippen LogP contribution in [0.3, 0.4) is 0 Å². The summed E-state index contributed by atoms with van der Waals surface area (Å²) in [6, 6.07) is 61.4. The number of hydrogen-bond donors (Lipinski definition) is 0. The number of para-hydroxylation sites is 1. The zero-order chi connectivity index (χ0) is 33.5. The lowest BCUT2D eigenvalue weighted by Gasteiger charge is -2.40. The van der Waals surface area contributed by atoms with Gasteiger partial charge in [-0.1, -0.05) is 158 Å². The highest BCUT2D eigenvalue weighted by Crippen LogP contribution is 2.62. The normalized spacial score (nSPS) is 14.0. The van der Waals surface area contributed by atoms with Gasteiger partial charge in [-0.3, -0.25) is 4.67 Å². The van der Waals surface area contributed by atoms with Gasteiger partial charge in [0.2, 0.25) is 5.95 Å². The van der Waals surface area contributed by atoms with Crippen LogP contribution in [0.1, 0.15) is 0 Å². The van der Waals surface area contributed by atoms with E-state index in [1.807, 2.05) is 11.3 Å². The quantitative estimate of drug-likeness (QED) is 0.173. The van der Waals surface area contributed by atoms with Crippen molar-refractivity contribution in [1.82, 2.24) is 9.97 Å². The van der Waals surface area contributed by atoms with Gasteiger partial charge in [0.1, 0.15) is 0 Å². The van der Waals surface area contributed by atoms with E-state index in [2.05, 4.69) is 175 Å². The first-order valence-electron chi connectivity index (χ1n) is 17.2. The van der Waals surface area contributed by atoms with Gasteiger partial charge >= 0.3 is 0 Å². The standard InChI is InChI=1S/C46H28N3PS/c1-3-16-30(17-4-1)43-35-23-11-13-25-37(35)47-46(48-43)49-44-42(34-22-10-9-21-33(34)40-36-24-12-14-26-39(36)51-45(40)44)41-32-20-8-7-15-29(32)27-28-38(41)50(49)31-18-5-2-6-19-31/h1-28H. The molecule has 0 radical (unpaired) electrons. The molecule has 238 valence electrons. The molecular formula is C46H28N3PS. The van der Waals surface area contributed by atoms with Crippen LogP contribution in [0.4, 0.5) is 11.6 Å². The minimum Gasteiger partial charge on any atom is -0.278 e. The predicted octanol–water partition coefficient (Wildman–Crippen LogP) is 12.1.